The maximum Gasteiger partial charge on any atom is 0.262 e. The van der Waals surface area contributed by atoms with Gasteiger partial charge in [-0.25, -0.2) is 0 Å². The molecule has 0 aromatic heterocycles. The van der Waals surface area contributed by atoms with Crippen LogP contribution in [0.5, 0.6) is 5.75 Å². The van der Waals surface area contributed by atoms with Gasteiger partial charge in [-0.15, -0.1) is 0 Å². The van der Waals surface area contributed by atoms with Gasteiger partial charge in [-0.1, -0.05) is 36.4 Å². The fourth-order valence-corrected chi connectivity index (χ4v) is 2.18. The summed E-state index contributed by atoms with van der Waals surface area (Å²) in [6.45, 7) is -0.00554. The Labute approximate surface area is 121 Å². The van der Waals surface area contributed by atoms with Crippen LogP contribution in [0.2, 0.25) is 0 Å². The molecule has 0 spiro atoms. The number of para-hydroxylation sites is 1. The molecule has 1 aliphatic rings. The number of amides is 2. The van der Waals surface area contributed by atoms with Crippen molar-refractivity contribution < 1.29 is 14.3 Å². The Kier molecular flexibility index (Phi) is 3.55. The SMILES string of the molecule is O=C(Cc1ccccc1)Nc1cccc2c1NC(=O)CO2. The molecule has 106 valence electrons. The summed E-state index contributed by atoms with van der Waals surface area (Å²) in [4.78, 5) is 23.5. The molecular weight excluding hydrogens is 268 g/mol. The van der Waals surface area contributed by atoms with Crippen LogP contribution in [0.1, 0.15) is 5.56 Å². The van der Waals surface area contributed by atoms with Gasteiger partial charge in [0.1, 0.15) is 11.4 Å². The van der Waals surface area contributed by atoms with E-state index in [-0.39, 0.29) is 24.8 Å². The highest BCUT2D eigenvalue weighted by molar-refractivity contribution is 6.03. The maximum atomic E-state index is 12.1. The molecule has 0 aliphatic carbocycles. The van der Waals surface area contributed by atoms with Gasteiger partial charge >= 0.3 is 0 Å². The smallest absolute Gasteiger partial charge is 0.262 e. The van der Waals surface area contributed by atoms with Crippen molar-refractivity contribution >= 4 is 23.2 Å². The van der Waals surface area contributed by atoms with Crippen molar-refractivity contribution in [2.75, 3.05) is 17.2 Å². The molecule has 3 rings (SSSR count). The molecule has 2 aromatic rings. The third-order valence-corrected chi connectivity index (χ3v) is 3.13. The number of anilines is 2. The first-order chi connectivity index (χ1) is 10.2. The Morgan fingerprint density at radius 2 is 1.95 bits per heavy atom. The van der Waals surface area contributed by atoms with Gasteiger partial charge in [-0.3, -0.25) is 9.59 Å². The zero-order valence-corrected chi connectivity index (χ0v) is 11.3. The monoisotopic (exact) mass is 282 g/mol. The largest absolute Gasteiger partial charge is 0.481 e. The molecule has 2 amide bonds. The lowest BCUT2D eigenvalue weighted by Crippen LogP contribution is -2.27. The van der Waals surface area contributed by atoms with E-state index in [2.05, 4.69) is 10.6 Å². The maximum absolute atomic E-state index is 12.1. The first-order valence-electron chi connectivity index (χ1n) is 6.62. The second-order valence-corrected chi connectivity index (χ2v) is 4.73. The molecule has 2 aromatic carbocycles. The standard InChI is InChI=1S/C16H14N2O3/c19-14(9-11-5-2-1-3-6-11)17-12-7-4-8-13-16(12)18-15(20)10-21-13/h1-8H,9-10H2,(H,17,19)(H,18,20). The van der Waals surface area contributed by atoms with E-state index >= 15 is 0 Å². The highest BCUT2D eigenvalue weighted by atomic mass is 16.5. The highest BCUT2D eigenvalue weighted by Crippen LogP contribution is 2.34. The lowest BCUT2D eigenvalue weighted by Gasteiger charge is -2.20. The second kappa shape index (κ2) is 5.66. The van der Waals surface area contributed by atoms with E-state index in [0.717, 1.165) is 5.56 Å². The van der Waals surface area contributed by atoms with Crippen molar-refractivity contribution in [1.82, 2.24) is 0 Å². The van der Waals surface area contributed by atoms with E-state index in [9.17, 15) is 9.59 Å². The van der Waals surface area contributed by atoms with Gasteiger partial charge in [0, 0.05) is 0 Å². The zero-order valence-electron chi connectivity index (χ0n) is 11.3. The minimum atomic E-state index is -0.229. The summed E-state index contributed by atoms with van der Waals surface area (Å²) in [5.41, 5.74) is 1.98. The normalized spacial score (nSPS) is 12.9. The van der Waals surface area contributed by atoms with Crippen LogP contribution in [-0.2, 0) is 16.0 Å². The predicted octanol–water partition coefficient (Wildman–Crippen LogP) is 2.20. The van der Waals surface area contributed by atoms with E-state index in [0.29, 0.717) is 17.1 Å². The molecule has 0 atom stereocenters. The van der Waals surface area contributed by atoms with E-state index in [1.807, 2.05) is 30.3 Å². The van der Waals surface area contributed by atoms with Crippen LogP contribution >= 0.6 is 0 Å². The molecule has 0 fully saturated rings. The first kappa shape index (κ1) is 13.2. The van der Waals surface area contributed by atoms with Crippen molar-refractivity contribution in [2.45, 2.75) is 6.42 Å². The van der Waals surface area contributed by atoms with Crippen LogP contribution in [0.25, 0.3) is 0 Å². The van der Waals surface area contributed by atoms with Gasteiger partial charge in [0.2, 0.25) is 5.91 Å². The average molecular weight is 282 g/mol. The van der Waals surface area contributed by atoms with E-state index in [4.69, 9.17) is 4.74 Å². The lowest BCUT2D eigenvalue weighted by atomic mass is 10.1. The summed E-state index contributed by atoms with van der Waals surface area (Å²) in [6, 6.07) is 14.7. The molecule has 0 unspecified atom stereocenters. The summed E-state index contributed by atoms with van der Waals surface area (Å²) in [6.07, 6.45) is 0.277. The fourth-order valence-electron chi connectivity index (χ4n) is 2.18. The Balaban J connectivity index is 1.76. The highest BCUT2D eigenvalue weighted by Gasteiger charge is 2.19. The lowest BCUT2D eigenvalue weighted by molar-refractivity contribution is -0.118. The summed E-state index contributed by atoms with van der Waals surface area (Å²) < 4.78 is 5.31. The first-order valence-corrected chi connectivity index (χ1v) is 6.62. The minimum Gasteiger partial charge on any atom is -0.481 e. The van der Waals surface area contributed by atoms with Crippen molar-refractivity contribution in [3.63, 3.8) is 0 Å². The van der Waals surface area contributed by atoms with E-state index in [1.165, 1.54) is 0 Å². The number of hydrogen-bond acceptors (Lipinski definition) is 3. The molecule has 2 N–H and O–H groups in total. The number of carbonyl (C=O) groups excluding carboxylic acids is 2. The Morgan fingerprint density at radius 1 is 1.14 bits per heavy atom. The molecule has 0 saturated carbocycles. The summed E-state index contributed by atoms with van der Waals surface area (Å²) in [5.74, 6) is 0.189. The molecule has 0 saturated heterocycles. The van der Waals surface area contributed by atoms with Crippen LogP contribution < -0.4 is 15.4 Å². The summed E-state index contributed by atoms with van der Waals surface area (Å²) in [7, 11) is 0. The van der Waals surface area contributed by atoms with Crippen molar-refractivity contribution in [3.05, 3.63) is 54.1 Å². The van der Waals surface area contributed by atoms with Crippen molar-refractivity contribution in [1.29, 1.82) is 0 Å². The van der Waals surface area contributed by atoms with Gasteiger partial charge in [-0.05, 0) is 17.7 Å². The number of carbonyl (C=O) groups is 2. The number of ether oxygens (including phenoxy) is 1. The number of hydrogen-bond donors (Lipinski definition) is 2. The van der Waals surface area contributed by atoms with Crippen LogP contribution in [-0.4, -0.2) is 18.4 Å². The van der Waals surface area contributed by atoms with Gasteiger partial charge in [0.25, 0.3) is 5.91 Å². The summed E-state index contributed by atoms with van der Waals surface area (Å²) >= 11 is 0. The van der Waals surface area contributed by atoms with E-state index < -0.39 is 0 Å². The molecule has 0 bridgehead atoms. The summed E-state index contributed by atoms with van der Waals surface area (Å²) in [5, 5.41) is 5.52. The number of fused-ring (bicyclic) bond motifs is 1. The Morgan fingerprint density at radius 3 is 2.76 bits per heavy atom. The molecule has 5 nitrogen and oxygen atoms in total. The molecule has 1 aliphatic heterocycles. The van der Waals surface area contributed by atoms with E-state index in [1.54, 1.807) is 18.2 Å². The van der Waals surface area contributed by atoms with Crippen molar-refractivity contribution in [3.8, 4) is 5.75 Å². The number of rotatable bonds is 3. The Bertz CT molecular complexity index is 683. The molecule has 0 radical (unpaired) electrons. The van der Waals surface area contributed by atoms with Gasteiger partial charge in [0.15, 0.2) is 6.61 Å². The average Bonchev–Trinajstić information content (AvgIpc) is 2.49. The topological polar surface area (TPSA) is 67.4 Å². The zero-order chi connectivity index (χ0) is 14.7. The second-order valence-electron chi connectivity index (χ2n) is 4.73. The van der Waals surface area contributed by atoms with Crippen LogP contribution in [0.15, 0.2) is 48.5 Å². The third-order valence-electron chi connectivity index (χ3n) is 3.13. The molecular formula is C16H14N2O3. The van der Waals surface area contributed by atoms with Crippen molar-refractivity contribution in [2.24, 2.45) is 0 Å². The van der Waals surface area contributed by atoms with Crippen LogP contribution in [0, 0.1) is 0 Å². The quantitative estimate of drug-likeness (QED) is 0.907. The molecule has 1 heterocycles. The molecule has 5 heteroatoms. The third kappa shape index (κ3) is 3.02. The number of nitrogens with one attached hydrogen (secondary N) is 2. The predicted molar refractivity (Wildman–Crippen MR) is 79.3 cm³/mol. The number of benzene rings is 2. The van der Waals surface area contributed by atoms with Crippen LogP contribution in [0.4, 0.5) is 11.4 Å². The minimum absolute atomic E-state index is 0.00554. The van der Waals surface area contributed by atoms with Gasteiger partial charge < -0.3 is 15.4 Å². The van der Waals surface area contributed by atoms with Crippen LogP contribution in [0.3, 0.4) is 0 Å². The Hall–Kier alpha value is -2.82. The van der Waals surface area contributed by atoms with Gasteiger partial charge in [-0.2, -0.15) is 0 Å². The fraction of sp³-hybridized carbons (Fsp3) is 0.125. The molecule has 21 heavy (non-hydrogen) atoms. The van der Waals surface area contributed by atoms with Gasteiger partial charge in [0.05, 0.1) is 12.1 Å².